The molecule has 3 unspecified atom stereocenters. The van der Waals surface area contributed by atoms with Gasteiger partial charge in [-0.15, -0.1) is 0 Å². The van der Waals surface area contributed by atoms with Crippen molar-refractivity contribution in [2.24, 2.45) is 17.1 Å². The molecule has 0 spiro atoms. The first kappa shape index (κ1) is 14.3. The Labute approximate surface area is 126 Å². The Balaban J connectivity index is 1.90. The Morgan fingerprint density at radius 2 is 2.10 bits per heavy atom. The molecule has 2 N–H and O–H groups in total. The van der Waals surface area contributed by atoms with Crippen LogP contribution in [0.1, 0.15) is 63.6 Å². The third-order valence-corrected chi connectivity index (χ3v) is 6.36. The highest BCUT2D eigenvalue weighted by Gasteiger charge is 2.35. The number of fused-ring (bicyclic) bond motifs is 1. The number of aromatic nitrogens is 1. The summed E-state index contributed by atoms with van der Waals surface area (Å²) in [6.07, 6.45) is 4.78. The highest BCUT2D eigenvalue weighted by molar-refractivity contribution is 7.15. The number of hydrogen-bond acceptors (Lipinski definition) is 4. The predicted octanol–water partition coefficient (Wildman–Crippen LogP) is 3.74. The molecule has 0 radical (unpaired) electrons. The van der Waals surface area contributed by atoms with Gasteiger partial charge in [-0.3, -0.25) is 0 Å². The van der Waals surface area contributed by atoms with Crippen LogP contribution in [0.15, 0.2) is 0 Å². The minimum absolute atomic E-state index is 0.178. The summed E-state index contributed by atoms with van der Waals surface area (Å²) in [5.41, 5.74) is 7.93. The second-order valence-electron chi connectivity index (χ2n) is 7.51. The first-order valence-corrected chi connectivity index (χ1v) is 8.71. The van der Waals surface area contributed by atoms with Crippen molar-refractivity contribution in [2.75, 3.05) is 11.4 Å². The van der Waals surface area contributed by atoms with Crippen molar-refractivity contribution in [2.45, 2.75) is 65.5 Å². The molecular weight excluding hydrogens is 266 g/mol. The number of nitrogens with two attached hydrogens (primary N) is 1. The van der Waals surface area contributed by atoms with Gasteiger partial charge < -0.3 is 10.6 Å². The highest BCUT2D eigenvalue weighted by Crippen LogP contribution is 2.44. The van der Waals surface area contributed by atoms with E-state index in [0.717, 1.165) is 25.3 Å². The zero-order valence-corrected chi connectivity index (χ0v) is 14.0. The van der Waals surface area contributed by atoms with Crippen molar-refractivity contribution < 1.29 is 0 Å². The van der Waals surface area contributed by atoms with Crippen LogP contribution in [0, 0.1) is 11.3 Å². The van der Waals surface area contributed by atoms with Crippen molar-refractivity contribution >= 4 is 16.5 Å². The Bertz CT molecular complexity index is 494. The fraction of sp³-hybridized carbons (Fsp3) is 0.812. The summed E-state index contributed by atoms with van der Waals surface area (Å²) in [5, 5.41) is 1.21. The van der Waals surface area contributed by atoms with E-state index in [4.69, 9.17) is 10.7 Å². The lowest BCUT2D eigenvalue weighted by atomic mass is 9.77. The van der Waals surface area contributed by atoms with Gasteiger partial charge >= 0.3 is 0 Å². The lowest BCUT2D eigenvalue weighted by Gasteiger charge is -2.37. The van der Waals surface area contributed by atoms with E-state index >= 15 is 0 Å². The second kappa shape index (κ2) is 4.99. The molecule has 0 amide bonds. The zero-order valence-electron chi connectivity index (χ0n) is 13.1. The molecule has 4 heteroatoms. The molecule has 1 aromatic heterocycles. The van der Waals surface area contributed by atoms with E-state index in [9.17, 15) is 0 Å². The normalized spacial score (nSPS) is 33.0. The lowest BCUT2D eigenvalue weighted by Crippen LogP contribution is -2.42. The smallest absolute Gasteiger partial charge is 0.186 e. The molecule has 3 nitrogen and oxygen atoms in total. The Morgan fingerprint density at radius 3 is 2.85 bits per heavy atom. The zero-order chi connectivity index (χ0) is 14.5. The largest absolute Gasteiger partial charge is 0.345 e. The predicted molar refractivity (Wildman–Crippen MR) is 86.4 cm³/mol. The summed E-state index contributed by atoms with van der Waals surface area (Å²) in [6, 6.07) is 0.776. The van der Waals surface area contributed by atoms with Gasteiger partial charge in [0.2, 0.25) is 0 Å². The quantitative estimate of drug-likeness (QED) is 0.857. The van der Waals surface area contributed by atoms with E-state index in [1.54, 1.807) is 0 Å². The molecule has 1 saturated heterocycles. The van der Waals surface area contributed by atoms with Gasteiger partial charge in [0, 0.05) is 23.5 Å². The fourth-order valence-electron chi connectivity index (χ4n) is 3.71. The minimum Gasteiger partial charge on any atom is -0.345 e. The number of hydrogen-bond donors (Lipinski definition) is 1. The third-order valence-electron chi connectivity index (χ3n) is 5.09. The van der Waals surface area contributed by atoms with Crippen LogP contribution in [0.3, 0.4) is 0 Å². The first-order chi connectivity index (χ1) is 9.37. The van der Waals surface area contributed by atoms with Gasteiger partial charge in [-0.05, 0) is 43.9 Å². The summed E-state index contributed by atoms with van der Waals surface area (Å²) in [5.74, 6) is 0.759. The van der Waals surface area contributed by atoms with Crippen LogP contribution in [-0.2, 0) is 6.42 Å². The molecule has 2 aliphatic rings. The molecule has 0 bridgehead atoms. The maximum Gasteiger partial charge on any atom is 0.186 e. The van der Waals surface area contributed by atoms with Crippen LogP contribution in [0.25, 0.3) is 0 Å². The summed E-state index contributed by atoms with van der Waals surface area (Å²) >= 11 is 1.85. The molecule has 3 atom stereocenters. The molecule has 1 fully saturated rings. The summed E-state index contributed by atoms with van der Waals surface area (Å²) in [7, 11) is 0. The van der Waals surface area contributed by atoms with Gasteiger partial charge in [0.25, 0.3) is 0 Å². The van der Waals surface area contributed by atoms with Crippen molar-refractivity contribution in [3.8, 4) is 0 Å². The van der Waals surface area contributed by atoms with Crippen molar-refractivity contribution in [1.82, 2.24) is 4.98 Å². The highest BCUT2D eigenvalue weighted by atomic mass is 32.1. The Kier molecular flexibility index (Phi) is 3.57. The van der Waals surface area contributed by atoms with E-state index in [1.165, 1.54) is 28.5 Å². The first-order valence-electron chi connectivity index (χ1n) is 7.89. The van der Waals surface area contributed by atoms with Gasteiger partial charge in [-0.25, -0.2) is 4.98 Å². The van der Waals surface area contributed by atoms with Crippen molar-refractivity contribution in [3.05, 3.63) is 10.6 Å². The van der Waals surface area contributed by atoms with E-state index in [2.05, 4.69) is 32.6 Å². The topological polar surface area (TPSA) is 42.2 Å². The van der Waals surface area contributed by atoms with Crippen molar-refractivity contribution in [1.29, 1.82) is 0 Å². The van der Waals surface area contributed by atoms with E-state index < -0.39 is 0 Å². The average Bonchev–Trinajstić information content (AvgIpc) is 2.75. The maximum absolute atomic E-state index is 6.38. The van der Waals surface area contributed by atoms with Crippen LogP contribution in [0.2, 0.25) is 0 Å². The molecule has 0 saturated carbocycles. The number of piperidine rings is 1. The molecular formula is C16H27N3S. The Hall–Kier alpha value is -0.610. The molecule has 0 aromatic carbocycles. The van der Waals surface area contributed by atoms with Crippen LogP contribution in [-0.4, -0.2) is 17.6 Å². The second-order valence-corrected chi connectivity index (χ2v) is 8.52. The average molecular weight is 293 g/mol. The van der Waals surface area contributed by atoms with Crippen LogP contribution >= 0.6 is 11.3 Å². The van der Waals surface area contributed by atoms with Gasteiger partial charge in [0.15, 0.2) is 5.13 Å². The van der Waals surface area contributed by atoms with Gasteiger partial charge in [0.05, 0.1) is 5.69 Å². The minimum atomic E-state index is 0.178. The summed E-state index contributed by atoms with van der Waals surface area (Å²) < 4.78 is 0. The van der Waals surface area contributed by atoms with Crippen LogP contribution in [0.4, 0.5) is 5.13 Å². The fourth-order valence-corrected chi connectivity index (χ4v) is 4.91. The SMILES string of the molecule is CC1CCCN(c2nc3c(s2)C(N)CC(C)(C)C3)C1C. The molecule has 1 aromatic rings. The van der Waals surface area contributed by atoms with Crippen LogP contribution < -0.4 is 10.6 Å². The van der Waals surface area contributed by atoms with Gasteiger partial charge in [0.1, 0.15) is 0 Å². The molecule has 1 aliphatic heterocycles. The third kappa shape index (κ3) is 2.48. The maximum atomic E-state index is 6.38. The molecule has 112 valence electrons. The van der Waals surface area contributed by atoms with E-state index in [0.29, 0.717) is 11.5 Å². The summed E-state index contributed by atoms with van der Waals surface area (Å²) in [4.78, 5) is 8.82. The lowest BCUT2D eigenvalue weighted by molar-refractivity contribution is 0.282. The van der Waals surface area contributed by atoms with Gasteiger partial charge in [-0.1, -0.05) is 32.1 Å². The monoisotopic (exact) mass is 293 g/mol. The van der Waals surface area contributed by atoms with E-state index in [-0.39, 0.29) is 6.04 Å². The van der Waals surface area contributed by atoms with Gasteiger partial charge in [-0.2, -0.15) is 0 Å². The Morgan fingerprint density at radius 1 is 1.35 bits per heavy atom. The number of thiazole rings is 1. The van der Waals surface area contributed by atoms with Crippen LogP contribution in [0.5, 0.6) is 0 Å². The number of nitrogens with zero attached hydrogens (tertiary/aromatic N) is 2. The molecule has 3 rings (SSSR count). The summed E-state index contributed by atoms with van der Waals surface area (Å²) in [6.45, 7) is 10.5. The molecule has 20 heavy (non-hydrogen) atoms. The molecule has 2 heterocycles. The number of rotatable bonds is 1. The number of anilines is 1. The van der Waals surface area contributed by atoms with Crippen molar-refractivity contribution in [3.63, 3.8) is 0 Å². The molecule has 1 aliphatic carbocycles. The standard InChI is InChI=1S/C16H27N3S/c1-10-6-5-7-19(11(10)2)15-18-13-9-16(3,4)8-12(17)14(13)20-15/h10-12H,5-9,17H2,1-4H3. The van der Waals surface area contributed by atoms with E-state index in [1.807, 2.05) is 11.3 Å².